The van der Waals surface area contributed by atoms with Gasteiger partial charge >= 0.3 is 0 Å². The molecule has 0 spiro atoms. The lowest BCUT2D eigenvalue weighted by atomic mass is 10.2. The highest BCUT2D eigenvalue weighted by atomic mass is 32.2. The monoisotopic (exact) mass is 356 g/mol. The van der Waals surface area contributed by atoms with Crippen LogP contribution in [0.5, 0.6) is 0 Å². The van der Waals surface area contributed by atoms with Gasteiger partial charge in [0, 0.05) is 11.3 Å². The molecule has 0 unspecified atom stereocenters. The van der Waals surface area contributed by atoms with E-state index in [1.165, 1.54) is 36.0 Å². The average molecular weight is 356 g/mol. The molecule has 1 atom stereocenters. The molecule has 2 N–H and O–H groups in total. The lowest BCUT2D eigenvalue weighted by Crippen LogP contribution is -2.24. The van der Waals surface area contributed by atoms with Crippen molar-refractivity contribution in [1.29, 1.82) is 0 Å². The molecule has 1 heterocycles. The first-order chi connectivity index (χ1) is 12.2. The van der Waals surface area contributed by atoms with Gasteiger partial charge in [-0.2, -0.15) is 0 Å². The van der Waals surface area contributed by atoms with Gasteiger partial charge in [0.2, 0.25) is 11.1 Å². The smallest absolute Gasteiger partial charge is 0.237 e. The molecular weight excluding hydrogens is 339 g/mol. The fourth-order valence-electron chi connectivity index (χ4n) is 2.23. The van der Waals surface area contributed by atoms with Gasteiger partial charge in [-0.3, -0.25) is 9.89 Å². The van der Waals surface area contributed by atoms with E-state index in [0.29, 0.717) is 23.1 Å². The molecule has 0 aliphatic heterocycles. The Morgan fingerprint density at radius 3 is 2.60 bits per heavy atom. The van der Waals surface area contributed by atoms with Crippen LogP contribution < -0.4 is 5.32 Å². The summed E-state index contributed by atoms with van der Waals surface area (Å²) in [5, 5.41) is 10.0. The van der Waals surface area contributed by atoms with Crippen LogP contribution in [0.25, 0.3) is 11.4 Å². The Morgan fingerprint density at radius 1 is 1.20 bits per heavy atom. The number of hydrogen-bond acceptors (Lipinski definition) is 4. The van der Waals surface area contributed by atoms with Crippen molar-refractivity contribution in [2.45, 2.75) is 23.8 Å². The summed E-state index contributed by atoms with van der Waals surface area (Å²) >= 11 is 1.30. The maximum absolute atomic E-state index is 12.9. The molecule has 0 saturated carbocycles. The summed E-state index contributed by atoms with van der Waals surface area (Å²) in [6.07, 6.45) is 0.618. The first-order valence-corrected chi connectivity index (χ1v) is 8.74. The van der Waals surface area contributed by atoms with Gasteiger partial charge in [0.05, 0.1) is 5.25 Å². The summed E-state index contributed by atoms with van der Waals surface area (Å²) in [7, 11) is 0. The second-order valence-electron chi connectivity index (χ2n) is 5.34. The normalized spacial score (nSPS) is 11.9. The molecule has 3 rings (SSSR count). The molecule has 5 nitrogen and oxygen atoms in total. The van der Waals surface area contributed by atoms with Crippen molar-refractivity contribution in [3.63, 3.8) is 0 Å². The Balaban J connectivity index is 1.66. The molecule has 3 aromatic rings. The number of H-pyrrole nitrogens is 1. The zero-order valence-electron chi connectivity index (χ0n) is 13.6. The van der Waals surface area contributed by atoms with Crippen LogP contribution in [-0.4, -0.2) is 26.3 Å². The van der Waals surface area contributed by atoms with Crippen molar-refractivity contribution < 1.29 is 9.18 Å². The number of nitrogens with one attached hydrogen (secondary N) is 2. The minimum atomic E-state index is -0.343. The number of thioether (sulfide) groups is 1. The SMILES string of the molecule is CC[C@H](Sc1n[nH]c(-c2ccccc2)n1)C(=O)Nc1ccc(F)cc1. The molecular formula is C18H17FN4OS. The van der Waals surface area contributed by atoms with Crippen LogP contribution in [0.3, 0.4) is 0 Å². The third-order valence-electron chi connectivity index (χ3n) is 3.53. The number of amides is 1. The number of rotatable bonds is 6. The highest BCUT2D eigenvalue weighted by molar-refractivity contribution is 8.00. The number of aromatic amines is 1. The number of nitrogens with zero attached hydrogens (tertiary/aromatic N) is 2. The van der Waals surface area contributed by atoms with Gasteiger partial charge in [-0.1, -0.05) is 49.0 Å². The molecule has 2 aromatic carbocycles. The number of carbonyl (C=O) groups excluding carboxylic acids is 1. The maximum atomic E-state index is 12.9. The number of carbonyl (C=O) groups is 1. The first-order valence-electron chi connectivity index (χ1n) is 7.86. The van der Waals surface area contributed by atoms with Crippen LogP contribution in [0.15, 0.2) is 59.8 Å². The molecule has 0 fully saturated rings. The van der Waals surface area contributed by atoms with Crippen molar-refractivity contribution in [2.75, 3.05) is 5.32 Å². The zero-order valence-corrected chi connectivity index (χ0v) is 14.4. The van der Waals surface area contributed by atoms with E-state index in [-0.39, 0.29) is 17.0 Å². The summed E-state index contributed by atoms with van der Waals surface area (Å²) in [4.78, 5) is 16.9. The summed E-state index contributed by atoms with van der Waals surface area (Å²) in [6, 6.07) is 15.3. The number of aromatic nitrogens is 3. The lowest BCUT2D eigenvalue weighted by Gasteiger charge is -2.12. The van der Waals surface area contributed by atoms with E-state index in [2.05, 4.69) is 20.5 Å². The third-order valence-corrected chi connectivity index (χ3v) is 4.76. The van der Waals surface area contributed by atoms with E-state index in [0.717, 1.165) is 5.56 Å². The highest BCUT2D eigenvalue weighted by Gasteiger charge is 2.20. The molecule has 25 heavy (non-hydrogen) atoms. The van der Waals surface area contributed by atoms with E-state index in [4.69, 9.17) is 0 Å². The molecule has 0 aliphatic carbocycles. The predicted molar refractivity (Wildman–Crippen MR) is 96.8 cm³/mol. The second-order valence-corrected chi connectivity index (χ2v) is 6.51. The fourth-order valence-corrected chi connectivity index (χ4v) is 3.06. The summed E-state index contributed by atoms with van der Waals surface area (Å²) in [6.45, 7) is 1.92. The Bertz CT molecular complexity index is 836. The van der Waals surface area contributed by atoms with Crippen LogP contribution in [0, 0.1) is 5.82 Å². The summed E-state index contributed by atoms with van der Waals surface area (Å²) < 4.78 is 12.9. The number of benzene rings is 2. The first kappa shape index (κ1) is 17.2. The lowest BCUT2D eigenvalue weighted by molar-refractivity contribution is -0.115. The Labute approximate surface area is 149 Å². The van der Waals surface area contributed by atoms with Gasteiger partial charge in [-0.15, -0.1) is 5.10 Å². The molecule has 0 bridgehead atoms. The van der Waals surface area contributed by atoms with Crippen molar-refractivity contribution in [3.05, 3.63) is 60.4 Å². The Morgan fingerprint density at radius 2 is 1.92 bits per heavy atom. The van der Waals surface area contributed by atoms with Crippen LogP contribution in [-0.2, 0) is 4.79 Å². The molecule has 128 valence electrons. The molecule has 0 aliphatic rings. The maximum Gasteiger partial charge on any atom is 0.237 e. The van der Waals surface area contributed by atoms with Gasteiger partial charge < -0.3 is 5.32 Å². The second kappa shape index (κ2) is 7.94. The van der Waals surface area contributed by atoms with E-state index < -0.39 is 0 Å². The zero-order chi connectivity index (χ0) is 17.6. The van der Waals surface area contributed by atoms with Crippen LogP contribution in [0.1, 0.15) is 13.3 Å². The van der Waals surface area contributed by atoms with Crippen molar-refractivity contribution in [3.8, 4) is 11.4 Å². The molecule has 1 amide bonds. The number of halogens is 1. The molecule has 0 radical (unpaired) electrons. The molecule has 7 heteroatoms. The Kier molecular flexibility index (Phi) is 5.45. The van der Waals surface area contributed by atoms with E-state index >= 15 is 0 Å². The quantitative estimate of drug-likeness (QED) is 0.652. The third kappa shape index (κ3) is 4.45. The number of hydrogen-bond donors (Lipinski definition) is 2. The van der Waals surface area contributed by atoms with Crippen LogP contribution >= 0.6 is 11.8 Å². The van der Waals surface area contributed by atoms with Gasteiger partial charge in [0.15, 0.2) is 5.82 Å². The van der Waals surface area contributed by atoms with Gasteiger partial charge in [-0.05, 0) is 30.7 Å². The van der Waals surface area contributed by atoms with Crippen molar-refractivity contribution in [2.24, 2.45) is 0 Å². The van der Waals surface area contributed by atoms with Crippen LogP contribution in [0.4, 0.5) is 10.1 Å². The van der Waals surface area contributed by atoms with Gasteiger partial charge in [-0.25, -0.2) is 9.37 Å². The largest absolute Gasteiger partial charge is 0.325 e. The van der Waals surface area contributed by atoms with Crippen molar-refractivity contribution in [1.82, 2.24) is 15.2 Å². The Hall–Kier alpha value is -2.67. The molecule has 0 saturated heterocycles. The topological polar surface area (TPSA) is 70.7 Å². The summed E-state index contributed by atoms with van der Waals surface area (Å²) in [5.74, 6) is 0.163. The number of anilines is 1. The molecule has 1 aromatic heterocycles. The minimum Gasteiger partial charge on any atom is -0.325 e. The van der Waals surface area contributed by atoms with Crippen molar-refractivity contribution >= 4 is 23.4 Å². The highest BCUT2D eigenvalue weighted by Crippen LogP contribution is 2.25. The van der Waals surface area contributed by atoms with Gasteiger partial charge in [0.1, 0.15) is 5.82 Å². The van der Waals surface area contributed by atoms with Crippen LogP contribution in [0.2, 0.25) is 0 Å². The minimum absolute atomic E-state index is 0.162. The van der Waals surface area contributed by atoms with E-state index in [1.54, 1.807) is 0 Å². The average Bonchev–Trinajstić information content (AvgIpc) is 3.11. The standard InChI is InChI=1S/C18H17FN4OS/c1-2-15(17(24)20-14-10-8-13(19)9-11-14)25-18-21-16(22-23-18)12-6-4-3-5-7-12/h3-11,15H,2H2,1H3,(H,20,24)(H,21,22,23)/t15-/m0/s1. The summed E-state index contributed by atoms with van der Waals surface area (Å²) in [5.41, 5.74) is 1.50. The fraction of sp³-hybridized carbons (Fsp3) is 0.167. The van der Waals surface area contributed by atoms with Gasteiger partial charge in [0.25, 0.3) is 0 Å². The van der Waals surface area contributed by atoms with E-state index in [9.17, 15) is 9.18 Å². The predicted octanol–water partition coefficient (Wildman–Crippen LogP) is 4.12. The van der Waals surface area contributed by atoms with E-state index in [1.807, 2.05) is 37.3 Å².